The average Bonchev–Trinajstić information content (AvgIpc) is 2.58. The van der Waals surface area contributed by atoms with Crippen molar-refractivity contribution in [1.82, 2.24) is 15.5 Å². The fourth-order valence-corrected chi connectivity index (χ4v) is 3.95. The van der Waals surface area contributed by atoms with E-state index in [0.29, 0.717) is 31.4 Å². The first-order valence-corrected chi connectivity index (χ1v) is 12.7. The highest BCUT2D eigenvalue weighted by molar-refractivity contribution is 14.0. The highest BCUT2D eigenvalue weighted by atomic mass is 127. The molecule has 2 N–H and O–H groups in total. The minimum Gasteiger partial charge on any atom is -0.444 e. The van der Waals surface area contributed by atoms with Crippen molar-refractivity contribution in [3.8, 4) is 0 Å². The maximum absolute atomic E-state index is 12.3. The van der Waals surface area contributed by atoms with Gasteiger partial charge in [0.15, 0.2) is 5.96 Å². The molecule has 0 aromatic rings. The third-order valence-electron chi connectivity index (χ3n) is 4.63. The summed E-state index contributed by atoms with van der Waals surface area (Å²) in [4.78, 5) is 18.7. The second kappa shape index (κ2) is 13.6. The molecule has 1 fully saturated rings. The van der Waals surface area contributed by atoms with E-state index in [4.69, 9.17) is 4.74 Å². The molecule has 2 atom stereocenters. The molecule has 0 aliphatic carbocycles. The van der Waals surface area contributed by atoms with Gasteiger partial charge in [0.1, 0.15) is 15.4 Å². The molecular weight excluding hydrogens is 519 g/mol. The first kappa shape index (κ1) is 29.2. The third-order valence-corrected chi connectivity index (χ3v) is 5.60. The van der Waals surface area contributed by atoms with Gasteiger partial charge in [0.05, 0.1) is 5.75 Å². The van der Waals surface area contributed by atoms with Crippen molar-refractivity contribution in [3.63, 3.8) is 0 Å². The summed E-state index contributed by atoms with van der Waals surface area (Å²) < 4.78 is 28.2. The number of hydrogen-bond acceptors (Lipinski definition) is 5. The van der Waals surface area contributed by atoms with Crippen molar-refractivity contribution in [2.45, 2.75) is 71.9 Å². The second-order valence-electron chi connectivity index (χ2n) is 8.95. The summed E-state index contributed by atoms with van der Waals surface area (Å²) in [5.41, 5.74) is -0.478. The van der Waals surface area contributed by atoms with E-state index in [9.17, 15) is 13.2 Å². The van der Waals surface area contributed by atoms with Crippen LogP contribution in [0.25, 0.3) is 0 Å². The molecule has 1 rings (SSSR count). The van der Waals surface area contributed by atoms with Crippen LogP contribution in [0.1, 0.15) is 60.3 Å². The fourth-order valence-electron chi connectivity index (χ4n) is 3.17. The summed E-state index contributed by atoms with van der Waals surface area (Å²) in [7, 11) is -2.97. The molecule has 178 valence electrons. The Bertz CT molecular complexity index is 650. The number of nitrogens with one attached hydrogen (secondary N) is 2. The van der Waals surface area contributed by atoms with E-state index in [2.05, 4.69) is 15.6 Å². The van der Waals surface area contributed by atoms with Crippen molar-refractivity contribution in [3.05, 3.63) is 0 Å². The lowest BCUT2D eigenvalue weighted by atomic mass is 9.95. The molecule has 0 spiro atoms. The standard InChI is InChI=1S/C20H40N4O4S.HI/c1-7-21-18(23-16(2)11-14-29(6,26)27)22-12-10-17-9-8-13-24(15-17)19(25)28-20(3,4)5;/h16-17H,7-15H2,1-6H3,(H2,21,22,23);1H. The van der Waals surface area contributed by atoms with Crippen LogP contribution in [0.3, 0.4) is 0 Å². The van der Waals surface area contributed by atoms with Crippen LogP contribution in [0.2, 0.25) is 0 Å². The van der Waals surface area contributed by atoms with Crippen LogP contribution >= 0.6 is 24.0 Å². The van der Waals surface area contributed by atoms with Gasteiger partial charge >= 0.3 is 6.09 Å². The first-order chi connectivity index (χ1) is 13.4. The van der Waals surface area contributed by atoms with Crippen LogP contribution in [0.15, 0.2) is 4.99 Å². The van der Waals surface area contributed by atoms with Crippen LogP contribution in [-0.4, -0.2) is 75.2 Å². The molecular formula is C20H41IN4O4S. The molecule has 10 heteroatoms. The molecule has 0 aromatic heterocycles. The Hall–Kier alpha value is -0.780. The maximum atomic E-state index is 12.3. The molecule has 2 unspecified atom stereocenters. The number of amides is 1. The zero-order chi connectivity index (χ0) is 22.1. The van der Waals surface area contributed by atoms with Crippen LogP contribution in [0, 0.1) is 5.92 Å². The van der Waals surface area contributed by atoms with Crippen molar-refractivity contribution >= 4 is 45.9 Å². The summed E-state index contributed by atoms with van der Waals surface area (Å²) in [6.07, 6.45) is 4.52. The van der Waals surface area contributed by atoms with Crippen molar-refractivity contribution in [2.24, 2.45) is 10.9 Å². The van der Waals surface area contributed by atoms with Crippen molar-refractivity contribution < 1.29 is 17.9 Å². The van der Waals surface area contributed by atoms with Gasteiger partial charge in [-0.2, -0.15) is 0 Å². The number of aliphatic imine (C=N–C) groups is 1. The van der Waals surface area contributed by atoms with E-state index in [1.807, 2.05) is 34.6 Å². The third kappa shape index (κ3) is 13.5. The van der Waals surface area contributed by atoms with E-state index in [1.54, 1.807) is 4.90 Å². The predicted octanol–water partition coefficient (Wildman–Crippen LogP) is 3.02. The quantitative estimate of drug-likeness (QED) is 0.269. The van der Waals surface area contributed by atoms with E-state index >= 15 is 0 Å². The molecule has 1 heterocycles. The lowest BCUT2D eigenvalue weighted by Crippen LogP contribution is -2.43. The summed E-state index contributed by atoms with van der Waals surface area (Å²) in [5.74, 6) is 1.27. The number of nitrogens with zero attached hydrogens (tertiary/aromatic N) is 2. The largest absolute Gasteiger partial charge is 0.444 e. The Morgan fingerprint density at radius 2 is 2.00 bits per heavy atom. The summed E-state index contributed by atoms with van der Waals surface area (Å²) in [6, 6.07) is 0.0138. The first-order valence-electron chi connectivity index (χ1n) is 10.6. The molecule has 1 saturated heterocycles. The Balaban J connectivity index is 0.00000841. The number of guanidine groups is 1. The SMILES string of the molecule is CCNC(=NCCC1CCCN(C(=O)OC(C)(C)C)C1)NC(C)CCS(C)(=O)=O.I. The van der Waals surface area contributed by atoms with Gasteiger partial charge in [-0.3, -0.25) is 4.99 Å². The molecule has 0 radical (unpaired) electrons. The number of likely N-dealkylation sites (tertiary alicyclic amines) is 1. The normalized spacial score (nSPS) is 18.9. The van der Waals surface area contributed by atoms with Gasteiger partial charge < -0.3 is 20.3 Å². The average molecular weight is 561 g/mol. The van der Waals surface area contributed by atoms with Crippen molar-refractivity contribution in [2.75, 3.05) is 38.2 Å². The summed E-state index contributed by atoms with van der Waals surface area (Å²) in [6.45, 7) is 12.4. The van der Waals surface area contributed by atoms with Crippen LogP contribution < -0.4 is 10.6 Å². The minimum absolute atomic E-state index is 0. The molecule has 1 amide bonds. The number of rotatable bonds is 8. The van der Waals surface area contributed by atoms with Gasteiger partial charge in [0.25, 0.3) is 0 Å². The monoisotopic (exact) mass is 560 g/mol. The van der Waals surface area contributed by atoms with Gasteiger partial charge in [0, 0.05) is 38.5 Å². The van der Waals surface area contributed by atoms with Crippen LogP contribution in [0.5, 0.6) is 0 Å². The molecule has 1 aliphatic heterocycles. The molecule has 0 bridgehead atoms. The fraction of sp³-hybridized carbons (Fsp3) is 0.900. The smallest absolute Gasteiger partial charge is 0.410 e. The summed E-state index contributed by atoms with van der Waals surface area (Å²) in [5, 5.41) is 6.48. The molecule has 30 heavy (non-hydrogen) atoms. The predicted molar refractivity (Wildman–Crippen MR) is 133 cm³/mol. The zero-order valence-corrected chi connectivity index (χ0v) is 22.5. The number of carbonyl (C=O) groups excluding carboxylic acids is 1. The number of carbonyl (C=O) groups is 1. The Kier molecular flexibility index (Phi) is 13.2. The molecule has 0 aromatic carbocycles. The van der Waals surface area contributed by atoms with Gasteiger partial charge in [-0.05, 0) is 66.2 Å². The maximum Gasteiger partial charge on any atom is 0.410 e. The number of piperidine rings is 1. The Morgan fingerprint density at radius 1 is 1.33 bits per heavy atom. The molecule has 0 saturated carbocycles. The van der Waals surface area contributed by atoms with E-state index in [1.165, 1.54) is 6.26 Å². The van der Waals surface area contributed by atoms with Gasteiger partial charge in [-0.25, -0.2) is 13.2 Å². The highest BCUT2D eigenvalue weighted by Crippen LogP contribution is 2.21. The molecule has 8 nitrogen and oxygen atoms in total. The Labute approximate surface area is 199 Å². The number of sulfone groups is 1. The van der Waals surface area contributed by atoms with Gasteiger partial charge in [0.2, 0.25) is 0 Å². The van der Waals surface area contributed by atoms with E-state index in [0.717, 1.165) is 32.4 Å². The Morgan fingerprint density at radius 3 is 2.57 bits per heavy atom. The van der Waals surface area contributed by atoms with Crippen LogP contribution in [-0.2, 0) is 14.6 Å². The lowest BCUT2D eigenvalue weighted by Gasteiger charge is -2.34. The molecule has 1 aliphatic rings. The highest BCUT2D eigenvalue weighted by Gasteiger charge is 2.27. The number of halogens is 1. The van der Waals surface area contributed by atoms with E-state index < -0.39 is 15.4 Å². The number of ether oxygens (including phenoxy) is 1. The second-order valence-corrected chi connectivity index (χ2v) is 11.2. The van der Waals surface area contributed by atoms with Crippen molar-refractivity contribution in [1.29, 1.82) is 0 Å². The topological polar surface area (TPSA) is 100 Å². The number of hydrogen-bond donors (Lipinski definition) is 2. The summed E-state index contributed by atoms with van der Waals surface area (Å²) >= 11 is 0. The lowest BCUT2D eigenvalue weighted by molar-refractivity contribution is 0.0163. The zero-order valence-electron chi connectivity index (χ0n) is 19.4. The van der Waals surface area contributed by atoms with Crippen LogP contribution in [0.4, 0.5) is 4.79 Å². The minimum atomic E-state index is -2.97. The van der Waals surface area contributed by atoms with E-state index in [-0.39, 0.29) is 41.9 Å². The van der Waals surface area contributed by atoms with Gasteiger partial charge in [-0.15, -0.1) is 24.0 Å². The van der Waals surface area contributed by atoms with Gasteiger partial charge in [-0.1, -0.05) is 0 Å².